The average Bonchev–Trinajstić information content (AvgIpc) is 2.50. The van der Waals surface area contributed by atoms with Crippen LogP contribution in [-0.2, 0) is 9.59 Å². The Morgan fingerprint density at radius 3 is 2.91 bits per heavy atom. The molecule has 1 saturated heterocycles. The number of rotatable bonds is 3. The van der Waals surface area contributed by atoms with Gasteiger partial charge in [0.2, 0.25) is 5.91 Å². The SMILES string of the molecule is Cc1ccccc1NC(=O)C[C@@H]1[NH2+][C@@H]2CCCC[C@@H]2NC1=O. The van der Waals surface area contributed by atoms with E-state index in [1.165, 1.54) is 12.8 Å². The first-order valence-corrected chi connectivity index (χ1v) is 8.14. The van der Waals surface area contributed by atoms with E-state index in [2.05, 4.69) is 16.0 Å². The molecular formula is C17H24N3O2+. The molecule has 1 aromatic carbocycles. The van der Waals surface area contributed by atoms with Crippen molar-refractivity contribution in [2.45, 2.75) is 57.2 Å². The highest BCUT2D eigenvalue weighted by Crippen LogP contribution is 2.19. The lowest BCUT2D eigenvalue weighted by Gasteiger charge is -2.37. The van der Waals surface area contributed by atoms with Gasteiger partial charge in [-0.1, -0.05) is 24.6 Å². The molecule has 4 N–H and O–H groups in total. The average molecular weight is 302 g/mol. The Labute approximate surface area is 130 Å². The minimum absolute atomic E-state index is 0.00286. The van der Waals surface area contributed by atoms with Gasteiger partial charge in [0.1, 0.15) is 6.04 Å². The third-order valence-corrected chi connectivity index (χ3v) is 4.79. The fourth-order valence-corrected chi connectivity index (χ4v) is 3.52. The molecule has 1 aromatic rings. The number of carbonyl (C=O) groups excluding carboxylic acids is 2. The zero-order chi connectivity index (χ0) is 15.5. The summed E-state index contributed by atoms with van der Waals surface area (Å²) in [5.74, 6) is -0.0944. The second-order valence-electron chi connectivity index (χ2n) is 6.43. The highest BCUT2D eigenvalue weighted by Gasteiger charge is 2.40. The van der Waals surface area contributed by atoms with E-state index in [1.54, 1.807) is 0 Å². The molecule has 1 saturated carbocycles. The van der Waals surface area contributed by atoms with E-state index in [9.17, 15) is 9.59 Å². The number of benzene rings is 1. The van der Waals surface area contributed by atoms with Gasteiger partial charge in [0.25, 0.3) is 5.91 Å². The number of piperazine rings is 1. The van der Waals surface area contributed by atoms with E-state index in [0.29, 0.717) is 6.04 Å². The van der Waals surface area contributed by atoms with E-state index < -0.39 is 0 Å². The van der Waals surface area contributed by atoms with Crippen molar-refractivity contribution in [1.82, 2.24) is 5.32 Å². The molecule has 3 atom stereocenters. The predicted octanol–water partition coefficient (Wildman–Crippen LogP) is 0.697. The first kappa shape index (κ1) is 15.0. The maximum Gasteiger partial charge on any atom is 0.279 e. The van der Waals surface area contributed by atoms with Crippen LogP contribution < -0.4 is 16.0 Å². The molecule has 1 aliphatic heterocycles. The van der Waals surface area contributed by atoms with Gasteiger partial charge in [-0.25, -0.2) is 0 Å². The monoisotopic (exact) mass is 302 g/mol. The van der Waals surface area contributed by atoms with Gasteiger partial charge in [0, 0.05) is 12.1 Å². The van der Waals surface area contributed by atoms with Gasteiger partial charge >= 0.3 is 0 Å². The van der Waals surface area contributed by atoms with E-state index in [4.69, 9.17) is 0 Å². The third kappa shape index (κ3) is 3.30. The van der Waals surface area contributed by atoms with Gasteiger partial charge in [-0.05, 0) is 31.4 Å². The second kappa shape index (κ2) is 6.48. The number of anilines is 1. The summed E-state index contributed by atoms with van der Waals surface area (Å²) in [7, 11) is 0. The number of aryl methyl sites for hydroxylation is 1. The van der Waals surface area contributed by atoms with Crippen molar-refractivity contribution in [2.24, 2.45) is 0 Å². The number of nitrogens with one attached hydrogen (secondary N) is 2. The zero-order valence-corrected chi connectivity index (χ0v) is 13.0. The normalized spacial score (nSPS) is 27.7. The molecule has 22 heavy (non-hydrogen) atoms. The van der Waals surface area contributed by atoms with E-state index in [0.717, 1.165) is 24.1 Å². The fourth-order valence-electron chi connectivity index (χ4n) is 3.52. The molecular weight excluding hydrogens is 278 g/mol. The molecule has 0 unspecified atom stereocenters. The van der Waals surface area contributed by atoms with Crippen LogP contribution in [0.3, 0.4) is 0 Å². The summed E-state index contributed by atoms with van der Waals surface area (Å²) in [5, 5.41) is 8.12. The van der Waals surface area contributed by atoms with E-state index >= 15 is 0 Å². The molecule has 118 valence electrons. The second-order valence-corrected chi connectivity index (χ2v) is 6.43. The van der Waals surface area contributed by atoms with Crippen molar-refractivity contribution >= 4 is 17.5 Å². The summed E-state index contributed by atoms with van der Waals surface area (Å²) < 4.78 is 0. The largest absolute Gasteiger partial charge is 0.342 e. The Hall–Kier alpha value is -1.88. The van der Waals surface area contributed by atoms with Gasteiger partial charge in [0.05, 0.1) is 12.5 Å². The van der Waals surface area contributed by atoms with Crippen LogP contribution in [0.2, 0.25) is 0 Å². The molecule has 2 amide bonds. The number of nitrogens with two attached hydrogens (primary N) is 1. The van der Waals surface area contributed by atoms with Crippen molar-refractivity contribution in [3.63, 3.8) is 0 Å². The van der Waals surface area contributed by atoms with E-state index in [1.807, 2.05) is 31.2 Å². The number of hydrogen-bond donors (Lipinski definition) is 3. The van der Waals surface area contributed by atoms with Gasteiger partial charge < -0.3 is 16.0 Å². The summed E-state index contributed by atoms with van der Waals surface area (Å²) >= 11 is 0. The molecule has 3 rings (SSSR count). The lowest BCUT2D eigenvalue weighted by Crippen LogP contribution is -3.03. The van der Waals surface area contributed by atoms with Crippen LogP contribution in [0.25, 0.3) is 0 Å². The lowest BCUT2D eigenvalue weighted by atomic mass is 9.87. The van der Waals surface area contributed by atoms with Crippen molar-refractivity contribution in [2.75, 3.05) is 5.32 Å². The first-order valence-electron chi connectivity index (χ1n) is 8.14. The smallest absolute Gasteiger partial charge is 0.279 e. The van der Waals surface area contributed by atoms with Crippen molar-refractivity contribution < 1.29 is 14.9 Å². The number of hydrogen-bond acceptors (Lipinski definition) is 2. The quantitative estimate of drug-likeness (QED) is 0.769. The lowest BCUT2D eigenvalue weighted by molar-refractivity contribution is -0.718. The molecule has 2 aliphatic rings. The highest BCUT2D eigenvalue weighted by molar-refractivity contribution is 5.95. The van der Waals surface area contributed by atoms with Gasteiger partial charge in [-0.3, -0.25) is 9.59 Å². The van der Waals surface area contributed by atoms with Crippen LogP contribution in [0.5, 0.6) is 0 Å². The molecule has 0 spiro atoms. The number of para-hydroxylation sites is 1. The molecule has 0 aromatic heterocycles. The van der Waals surface area contributed by atoms with Crippen molar-refractivity contribution in [3.8, 4) is 0 Å². The Morgan fingerprint density at radius 1 is 1.32 bits per heavy atom. The molecule has 1 aliphatic carbocycles. The van der Waals surface area contributed by atoms with Crippen LogP contribution in [0.1, 0.15) is 37.7 Å². The van der Waals surface area contributed by atoms with E-state index in [-0.39, 0.29) is 30.3 Å². The van der Waals surface area contributed by atoms with Crippen molar-refractivity contribution in [3.05, 3.63) is 29.8 Å². The molecule has 5 nitrogen and oxygen atoms in total. The summed E-state index contributed by atoms with van der Waals surface area (Å²) in [6.07, 6.45) is 4.82. The van der Waals surface area contributed by atoms with Crippen LogP contribution in [0.4, 0.5) is 5.69 Å². The van der Waals surface area contributed by atoms with Gasteiger partial charge in [-0.2, -0.15) is 0 Å². The number of fused-ring (bicyclic) bond motifs is 1. The van der Waals surface area contributed by atoms with Crippen LogP contribution in [-0.4, -0.2) is 29.9 Å². The van der Waals surface area contributed by atoms with Crippen LogP contribution in [0, 0.1) is 6.92 Å². The molecule has 0 bridgehead atoms. The first-order chi connectivity index (χ1) is 10.6. The fraction of sp³-hybridized carbons (Fsp3) is 0.529. The summed E-state index contributed by atoms with van der Waals surface area (Å²) in [5.41, 5.74) is 1.85. The minimum Gasteiger partial charge on any atom is -0.342 e. The van der Waals surface area contributed by atoms with Crippen LogP contribution >= 0.6 is 0 Å². The molecule has 2 fully saturated rings. The van der Waals surface area contributed by atoms with Crippen LogP contribution in [0.15, 0.2) is 24.3 Å². The standard InChI is InChI=1S/C17H23N3O2/c1-11-6-2-3-7-12(11)19-16(21)10-15-17(22)20-14-9-5-4-8-13(14)18-15/h2-3,6-7,13-15,18H,4-5,8-10H2,1H3,(H,19,21)(H,20,22)/p+1/t13-,14+,15+/m1/s1. The highest BCUT2D eigenvalue weighted by atomic mass is 16.2. The number of amides is 2. The van der Waals surface area contributed by atoms with Gasteiger partial charge in [0.15, 0.2) is 6.04 Å². The van der Waals surface area contributed by atoms with Gasteiger partial charge in [-0.15, -0.1) is 0 Å². The Kier molecular flexibility index (Phi) is 4.43. The Bertz CT molecular complexity index is 573. The Morgan fingerprint density at radius 2 is 2.09 bits per heavy atom. The zero-order valence-electron chi connectivity index (χ0n) is 13.0. The predicted molar refractivity (Wildman–Crippen MR) is 84.3 cm³/mol. The summed E-state index contributed by atoms with van der Waals surface area (Å²) in [4.78, 5) is 24.4. The minimum atomic E-state index is -0.302. The maximum absolute atomic E-state index is 12.2. The maximum atomic E-state index is 12.2. The molecule has 1 heterocycles. The Balaban J connectivity index is 1.59. The third-order valence-electron chi connectivity index (χ3n) is 4.79. The molecule has 0 radical (unpaired) electrons. The number of quaternary nitrogens is 1. The number of carbonyl (C=O) groups is 2. The summed E-state index contributed by atoms with van der Waals surface area (Å²) in [6.45, 7) is 1.96. The molecule has 5 heteroatoms. The van der Waals surface area contributed by atoms with Crippen molar-refractivity contribution in [1.29, 1.82) is 0 Å². The summed E-state index contributed by atoms with van der Waals surface area (Å²) in [6, 6.07) is 8.10. The topological polar surface area (TPSA) is 74.8 Å².